The Morgan fingerprint density at radius 1 is 0.253 bits per heavy atom. The fourth-order valence-corrected chi connectivity index (χ4v) is 16.2. The Bertz CT molecular complexity index is 5490. The first-order valence-electron chi connectivity index (χ1n) is 31.5. The predicted molar refractivity (Wildman–Crippen MR) is 376 cm³/mol. The number of fused-ring (bicyclic) bond motifs is 19. The lowest BCUT2D eigenvalue weighted by Crippen LogP contribution is -2.32. The molecule has 16 aromatic rings. The molecule has 1 spiro atoms. The Balaban J connectivity index is 0.778. The zero-order chi connectivity index (χ0) is 59.8. The number of hydrogen-bond acceptors (Lipinski definition) is 2. The van der Waals surface area contributed by atoms with Gasteiger partial charge in [0.2, 0.25) is 0 Å². The van der Waals surface area contributed by atoms with Crippen molar-refractivity contribution in [3.05, 3.63) is 384 Å². The van der Waals surface area contributed by atoms with E-state index in [0.717, 1.165) is 83.6 Å². The van der Waals surface area contributed by atoms with Gasteiger partial charge in [0.15, 0.2) is 0 Å². The summed E-state index contributed by atoms with van der Waals surface area (Å²) in [6.45, 7) is 0. The Kier molecular flexibility index (Phi) is 11.2. The zero-order valence-corrected chi connectivity index (χ0v) is 49.6. The van der Waals surface area contributed by atoms with Crippen LogP contribution in [-0.4, -0.2) is 4.57 Å². The molecule has 2 heterocycles. The van der Waals surface area contributed by atoms with E-state index in [4.69, 9.17) is 4.74 Å². The lowest BCUT2D eigenvalue weighted by molar-refractivity contribution is 0.447. The largest absolute Gasteiger partial charge is 0.455 e. The molecule has 0 unspecified atom stereocenters. The molecule has 1 aliphatic heterocycles. The van der Waals surface area contributed by atoms with E-state index in [1.54, 1.807) is 0 Å². The normalized spacial score (nSPS) is 13.5. The molecular weight excluding hydrogens is 1100 g/mol. The van der Waals surface area contributed by atoms with E-state index in [9.17, 15) is 0 Å². The van der Waals surface area contributed by atoms with Gasteiger partial charge in [0.1, 0.15) is 11.5 Å². The highest BCUT2D eigenvalue weighted by Crippen LogP contribution is 2.65. The number of benzene rings is 15. The zero-order valence-electron chi connectivity index (χ0n) is 49.6. The van der Waals surface area contributed by atoms with Crippen LogP contribution in [0.25, 0.3) is 93.5 Å². The van der Waals surface area contributed by atoms with Gasteiger partial charge in [0, 0.05) is 55.4 Å². The summed E-state index contributed by atoms with van der Waals surface area (Å²) in [4.78, 5) is 2.45. The molecule has 3 aliphatic rings. The van der Waals surface area contributed by atoms with Crippen LogP contribution in [0.3, 0.4) is 0 Å². The van der Waals surface area contributed by atoms with Crippen molar-refractivity contribution in [3.8, 4) is 61.7 Å². The quantitative estimate of drug-likeness (QED) is 0.151. The first-order chi connectivity index (χ1) is 45.1. The maximum Gasteiger partial charge on any atom is 0.140 e. The molecule has 0 amide bonds. The average molecular weight is 1160 g/mol. The Morgan fingerprint density at radius 3 is 1.29 bits per heavy atom. The van der Waals surface area contributed by atoms with Crippen molar-refractivity contribution in [3.63, 3.8) is 0 Å². The number of nitrogens with zero attached hydrogens (tertiary/aromatic N) is 2. The fourth-order valence-electron chi connectivity index (χ4n) is 16.2. The molecule has 0 saturated heterocycles. The van der Waals surface area contributed by atoms with Gasteiger partial charge < -0.3 is 14.2 Å². The number of hydrogen-bond donors (Lipinski definition) is 0. The van der Waals surface area contributed by atoms with Crippen molar-refractivity contribution in [1.82, 2.24) is 4.57 Å². The molecule has 0 atom stereocenters. The Labute approximate surface area is 528 Å². The predicted octanol–water partition coefficient (Wildman–Crippen LogP) is 22.7. The minimum Gasteiger partial charge on any atom is -0.455 e. The van der Waals surface area contributed by atoms with Gasteiger partial charge in [-0.3, -0.25) is 0 Å². The van der Waals surface area contributed by atoms with E-state index in [-0.39, 0.29) is 0 Å². The number of para-hydroxylation sites is 2. The van der Waals surface area contributed by atoms with Crippen LogP contribution < -0.4 is 9.64 Å². The molecule has 0 N–H and O–H groups in total. The van der Waals surface area contributed by atoms with Crippen molar-refractivity contribution >= 4 is 60.4 Å². The number of rotatable bonds is 8. The van der Waals surface area contributed by atoms with Gasteiger partial charge in [0.05, 0.1) is 21.9 Å². The highest BCUT2D eigenvalue weighted by molar-refractivity contribution is 6.11. The van der Waals surface area contributed by atoms with E-state index < -0.39 is 10.8 Å². The highest BCUT2D eigenvalue weighted by atomic mass is 16.5. The van der Waals surface area contributed by atoms with Crippen LogP contribution in [0.5, 0.6) is 11.5 Å². The van der Waals surface area contributed by atoms with E-state index in [2.05, 4.69) is 349 Å². The second-order valence-corrected chi connectivity index (χ2v) is 24.6. The average Bonchev–Trinajstić information content (AvgIpc) is 1.65. The van der Waals surface area contributed by atoms with Crippen LogP contribution in [0.15, 0.2) is 340 Å². The van der Waals surface area contributed by atoms with Crippen LogP contribution in [0.2, 0.25) is 0 Å². The third kappa shape index (κ3) is 7.38. The number of aromatic nitrogens is 1. The smallest absolute Gasteiger partial charge is 0.140 e. The van der Waals surface area contributed by atoms with Gasteiger partial charge in [0.25, 0.3) is 0 Å². The summed E-state index contributed by atoms with van der Waals surface area (Å²) in [6.07, 6.45) is 0. The topological polar surface area (TPSA) is 17.4 Å². The maximum atomic E-state index is 7.31. The summed E-state index contributed by atoms with van der Waals surface area (Å²) in [5.41, 5.74) is 25.0. The Morgan fingerprint density at radius 2 is 0.681 bits per heavy atom. The van der Waals surface area contributed by atoms with Gasteiger partial charge in [-0.05, 0) is 161 Å². The third-order valence-electron chi connectivity index (χ3n) is 20.1. The van der Waals surface area contributed by atoms with E-state index >= 15 is 0 Å². The molecule has 19 rings (SSSR count). The summed E-state index contributed by atoms with van der Waals surface area (Å²) in [6, 6.07) is 126. The summed E-state index contributed by atoms with van der Waals surface area (Å²) in [7, 11) is 0. The number of anilines is 3. The number of ether oxygens (including phenoxy) is 1. The van der Waals surface area contributed by atoms with Crippen molar-refractivity contribution in [1.29, 1.82) is 0 Å². The van der Waals surface area contributed by atoms with E-state index in [1.165, 1.54) is 83.0 Å². The molecule has 3 nitrogen and oxygen atoms in total. The second-order valence-electron chi connectivity index (χ2n) is 24.6. The molecule has 91 heavy (non-hydrogen) atoms. The van der Waals surface area contributed by atoms with Gasteiger partial charge in [-0.25, -0.2) is 0 Å². The molecule has 0 fully saturated rings. The highest BCUT2D eigenvalue weighted by Gasteiger charge is 2.52. The van der Waals surface area contributed by atoms with Crippen LogP contribution >= 0.6 is 0 Å². The third-order valence-corrected chi connectivity index (χ3v) is 20.1. The molecule has 2 aliphatic carbocycles. The monoisotopic (exact) mass is 1160 g/mol. The van der Waals surface area contributed by atoms with Crippen LogP contribution in [0, 0.1) is 0 Å². The first kappa shape index (κ1) is 51.3. The van der Waals surface area contributed by atoms with Gasteiger partial charge in [-0.1, -0.05) is 267 Å². The van der Waals surface area contributed by atoms with E-state index in [1.807, 2.05) is 0 Å². The van der Waals surface area contributed by atoms with Crippen LogP contribution in [0.1, 0.15) is 44.5 Å². The molecule has 0 radical (unpaired) electrons. The lowest BCUT2D eigenvalue weighted by Gasteiger charge is -2.40. The molecule has 15 aromatic carbocycles. The molecule has 3 heteroatoms. The molecule has 0 saturated carbocycles. The summed E-state index contributed by atoms with van der Waals surface area (Å²) < 4.78 is 9.69. The summed E-state index contributed by atoms with van der Waals surface area (Å²) >= 11 is 0. The van der Waals surface area contributed by atoms with Crippen molar-refractivity contribution < 1.29 is 4.74 Å². The summed E-state index contributed by atoms with van der Waals surface area (Å²) in [5, 5.41) is 7.00. The van der Waals surface area contributed by atoms with E-state index in [0.29, 0.717) is 0 Å². The minimum atomic E-state index is -0.656. The lowest BCUT2D eigenvalue weighted by atomic mass is 9.65. The summed E-state index contributed by atoms with van der Waals surface area (Å²) in [5.74, 6) is 1.84. The van der Waals surface area contributed by atoms with Crippen LogP contribution in [-0.2, 0) is 10.8 Å². The van der Waals surface area contributed by atoms with Gasteiger partial charge in [-0.15, -0.1) is 0 Å². The molecule has 1 aromatic heterocycles. The van der Waals surface area contributed by atoms with Gasteiger partial charge in [-0.2, -0.15) is 0 Å². The Hall–Kier alpha value is -11.8. The molecule has 424 valence electrons. The SMILES string of the molecule is c1ccc(-n2c3ccccc3c3cc(-c4ccc(N(c5ccc(-c6ccc7c(c6)C6(c8ccccc8-7)c7ccc8ccccc8c7Oc7c6ccc6ccccc76)cc5)c5ccc6c(c5)C(c5ccccc5)(c5ccccc5)c5ccccc5-6)cc4)ccc32)cc1. The second kappa shape index (κ2) is 19.9. The van der Waals surface area contributed by atoms with Crippen molar-refractivity contribution in [2.45, 2.75) is 10.8 Å². The standard InChI is InChI=1S/C88H56N2O/c1-4-22-63(23-5-1)87(64-24-6-2-7-25-64)77-33-17-14-30-71(77)74-50-48-68(56-82(74)87)89(66-44-36-57(37-45-66)61-43-53-84-76(54-61)75-32-16-19-35-83(75)90(84)65-26-8-3-9-27-65)67-46-38-58(39-47-67)62-40-49-73-72-31-15-18-34-78(72)88(81(73)55-62)79-51-41-59-20-10-12-28-69(59)85(79)91-86-70-29-13-11-21-60(70)42-52-80(86)88/h1-56H. The molecular formula is C88H56N2O. The van der Waals surface area contributed by atoms with Crippen molar-refractivity contribution in [2.24, 2.45) is 0 Å². The van der Waals surface area contributed by atoms with Crippen LogP contribution in [0.4, 0.5) is 17.1 Å². The molecule has 0 bridgehead atoms. The van der Waals surface area contributed by atoms with Crippen molar-refractivity contribution in [2.75, 3.05) is 4.90 Å². The fraction of sp³-hybridized carbons (Fsp3) is 0.0227. The first-order valence-corrected chi connectivity index (χ1v) is 31.5. The maximum absolute atomic E-state index is 7.31. The minimum absolute atomic E-state index is 0.567. The van der Waals surface area contributed by atoms with Gasteiger partial charge >= 0.3 is 0 Å².